The van der Waals surface area contributed by atoms with Gasteiger partial charge in [-0.15, -0.1) is 0 Å². The first-order valence-corrected chi connectivity index (χ1v) is 8.61. The predicted molar refractivity (Wildman–Crippen MR) is 77.3 cm³/mol. The van der Waals surface area contributed by atoms with Gasteiger partial charge in [-0.25, -0.2) is 0 Å². The Kier molecular flexibility index (Phi) is 3.23. The summed E-state index contributed by atoms with van der Waals surface area (Å²) in [4.78, 5) is 24.5. The number of hydrogen-bond donors (Lipinski definition) is 1. The molecule has 5 saturated carbocycles. The Morgan fingerprint density at radius 2 is 1.57 bits per heavy atom. The van der Waals surface area contributed by atoms with E-state index in [1.165, 1.54) is 32.1 Å². The van der Waals surface area contributed by atoms with Crippen LogP contribution in [-0.2, 0) is 14.3 Å². The SMILES string of the molecule is CC(OC(=O)C1C2CC3CC(C2)CC1C3)C(=O)NC1CC1. The first-order chi connectivity index (χ1) is 10.1. The number of nitrogens with one attached hydrogen (secondary N) is 1. The summed E-state index contributed by atoms with van der Waals surface area (Å²) in [7, 11) is 0. The van der Waals surface area contributed by atoms with Crippen LogP contribution in [0.15, 0.2) is 0 Å². The number of esters is 1. The van der Waals surface area contributed by atoms with Gasteiger partial charge in [-0.2, -0.15) is 0 Å². The van der Waals surface area contributed by atoms with Crippen LogP contribution in [0.2, 0.25) is 0 Å². The van der Waals surface area contributed by atoms with Crippen LogP contribution in [-0.4, -0.2) is 24.0 Å². The molecule has 0 spiro atoms. The van der Waals surface area contributed by atoms with Gasteiger partial charge in [0.05, 0.1) is 5.92 Å². The van der Waals surface area contributed by atoms with Gasteiger partial charge in [0, 0.05) is 6.04 Å². The smallest absolute Gasteiger partial charge is 0.310 e. The number of carbonyl (C=O) groups is 2. The molecule has 5 fully saturated rings. The number of ether oxygens (including phenoxy) is 1. The van der Waals surface area contributed by atoms with Crippen molar-refractivity contribution in [2.24, 2.45) is 29.6 Å². The Labute approximate surface area is 126 Å². The monoisotopic (exact) mass is 291 g/mol. The molecule has 4 nitrogen and oxygen atoms in total. The lowest BCUT2D eigenvalue weighted by Gasteiger charge is -2.53. The van der Waals surface area contributed by atoms with Gasteiger partial charge in [0.1, 0.15) is 0 Å². The molecule has 21 heavy (non-hydrogen) atoms. The van der Waals surface area contributed by atoms with Gasteiger partial charge in [-0.1, -0.05) is 0 Å². The van der Waals surface area contributed by atoms with E-state index in [1.54, 1.807) is 6.92 Å². The van der Waals surface area contributed by atoms with Crippen LogP contribution < -0.4 is 5.32 Å². The Bertz CT molecular complexity index is 429. The molecule has 1 amide bonds. The van der Waals surface area contributed by atoms with Crippen molar-refractivity contribution in [1.82, 2.24) is 5.32 Å². The van der Waals surface area contributed by atoms with Crippen molar-refractivity contribution in [2.75, 3.05) is 0 Å². The average molecular weight is 291 g/mol. The Hall–Kier alpha value is -1.06. The molecule has 0 radical (unpaired) electrons. The van der Waals surface area contributed by atoms with Gasteiger partial charge < -0.3 is 10.1 Å². The highest BCUT2D eigenvalue weighted by Crippen LogP contribution is 2.56. The molecule has 1 atom stereocenters. The molecule has 0 aromatic heterocycles. The molecule has 4 bridgehead atoms. The molecule has 1 N–H and O–H groups in total. The van der Waals surface area contributed by atoms with E-state index in [0.29, 0.717) is 17.9 Å². The fourth-order valence-corrected chi connectivity index (χ4v) is 5.16. The molecule has 0 saturated heterocycles. The minimum absolute atomic E-state index is 0.0639. The largest absolute Gasteiger partial charge is 0.452 e. The average Bonchev–Trinajstić information content (AvgIpc) is 3.21. The van der Waals surface area contributed by atoms with Crippen molar-refractivity contribution in [3.8, 4) is 0 Å². The molecule has 0 aromatic carbocycles. The third-order valence-electron chi connectivity index (χ3n) is 6.08. The fourth-order valence-electron chi connectivity index (χ4n) is 5.16. The molecule has 0 heterocycles. The van der Waals surface area contributed by atoms with Gasteiger partial charge >= 0.3 is 5.97 Å². The molecule has 1 unspecified atom stereocenters. The van der Waals surface area contributed by atoms with Crippen LogP contribution in [0.1, 0.15) is 51.9 Å². The lowest BCUT2D eigenvalue weighted by atomic mass is 9.52. The second kappa shape index (κ2) is 4.99. The lowest BCUT2D eigenvalue weighted by Crippen LogP contribution is -2.49. The van der Waals surface area contributed by atoms with E-state index in [9.17, 15) is 9.59 Å². The Balaban J connectivity index is 1.37. The van der Waals surface area contributed by atoms with E-state index in [4.69, 9.17) is 4.74 Å². The number of amides is 1. The molecule has 116 valence electrons. The minimum Gasteiger partial charge on any atom is -0.452 e. The molecule has 4 heteroatoms. The molecular formula is C17H25NO3. The molecule has 5 rings (SSSR count). The van der Waals surface area contributed by atoms with Crippen LogP contribution in [0.4, 0.5) is 0 Å². The molecular weight excluding hydrogens is 266 g/mol. The van der Waals surface area contributed by atoms with Crippen LogP contribution in [0.5, 0.6) is 0 Å². The summed E-state index contributed by atoms with van der Waals surface area (Å²) in [6.07, 6.45) is 7.67. The van der Waals surface area contributed by atoms with Crippen molar-refractivity contribution < 1.29 is 14.3 Å². The van der Waals surface area contributed by atoms with Gasteiger partial charge in [-0.05, 0) is 75.5 Å². The van der Waals surface area contributed by atoms with E-state index < -0.39 is 6.10 Å². The normalized spacial score (nSPS) is 41.7. The van der Waals surface area contributed by atoms with E-state index in [-0.39, 0.29) is 17.8 Å². The molecule has 5 aliphatic rings. The van der Waals surface area contributed by atoms with E-state index in [1.807, 2.05) is 0 Å². The van der Waals surface area contributed by atoms with Crippen LogP contribution in [0.25, 0.3) is 0 Å². The lowest BCUT2D eigenvalue weighted by molar-refractivity contribution is -0.170. The maximum atomic E-state index is 12.5. The Morgan fingerprint density at radius 3 is 2.10 bits per heavy atom. The van der Waals surface area contributed by atoms with Crippen molar-refractivity contribution in [2.45, 2.75) is 64.0 Å². The zero-order valence-electron chi connectivity index (χ0n) is 12.7. The predicted octanol–water partition coefficient (Wildman–Crippen LogP) is 2.27. The van der Waals surface area contributed by atoms with Crippen LogP contribution >= 0.6 is 0 Å². The zero-order chi connectivity index (χ0) is 14.6. The maximum Gasteiger partial charge on any atom is 0.310 e. The highest BCUT2D eigenvalue weighted by Gasteiger charge is 2.51. The van der Waals surface area contributed by atoms with Crippen molar-refractivity contribution in [1.29, 1.82) is 0 Å². The quantitative estimate of drug-likeness (QED) is 0.808. The summed E-state index contributed by atoms with van der Waals surface area (Å²) >= 11 is 0. The van der Waals surface area contributed by atoms with E-state index in [2.05, 4.69) is 5.32 Å². The van der Waals surface area contributed by atoms with Gasteiger partial charge in [0.15, 0.2) is 6.10 Å². The van der Waals surface area contributed by atoms with Gasteiger partial charge in [-0.3, -0.25) is 9.59 Å². The maximum absolute atomic E-state index is 12.5. The number of hydrogen-bond acceptors (Lipinski definition) is 3. The number of carbonyl (C=O) groups excluding carboxylic acids is 2. The minimum atomic E-state index is -0.643. The third-order valence-corrected chi connectivity index (χ3v) is 6.08. The van der Waals surface area contributed by atoms with Gasteiger partial charge in [0.25, 0.3) is 5.91 Å². The van der Waals surface area contributed by atoms with Gasteiger partial charge in [0.2, 0.25) is 0 Å². The van der Waals surface area contributed by atoms with Crippen molar-refractivity contribution in [3.05, 3.63) is 0 Å². The standard InChI is InChI=1S/C17H25NO3/c1-9(16(19)18-14-2-3-14)21-17(20)15-12-5-10-4-11(7-12)8-13(15)6-10/h9-15H,2-8H2,1H3,(H,18,19). The van der Waals surface area contributed by atoms with Crippen molar-refractivity contribution >= 4 is 11.9 Å². The Morgan fingerprint density at radius 1 is 1.00 bits per heavy atom. The summed E-state index contributed by atoms with van der Waals surface area (Å²) in [5.41, 5.74) is 0. The first-order valence-electron chi connectivity index (χ1n) is 8.61. The van der Waals surface area contributed by atoms with Crippen molar-refractivity contribution in [3.63, 3.8) is 0 Å². The molecule has 5 aliphatic carbocycles. The van der Waals surface area contributed by atoms with E-state index >= 15 is 0 Å². The second-order valence-corrected chi connectivity index (χ2v) is 7.82. The molecule has 0 aliphatic heterocycles. The summed E-state index contributed by atoms with van der Waals surface area (Å²) < 4.78 is 5.52. The fraction of sp³-hybridized carbons (Fsp3) is 0.882. The second-order valence-electron chi connectivity index (χ2n) is 7.82. The zero-order valence-corrected chi connectivity index (χ0v) is 12.7. The highest BCUT2D eigenvalue weighted by molar-refractivity contribution is 5.84. The molecule has 0 aromatic rings. The highest BCUT2D eigenvalue weighted by atomic mass is 16.5. The summed E-state index contributed by atoms with van der Waals surface area (Å²) in [5, 5.41) is 2.91. The van der Waals surface area contributed by atoms with Crippen LogP contribution in [0.3, 0.4) is 0 Å². The van der Waals surface area contributed by atoms with Crippen LogP contribution in [0, 0.1) is 29.6 Å². The van der Waals surface area contributed by atoms with E-state index in [0.717, 1.165) is 24.7 Å². The summed E-state index contributed by atoms with van der Waals surface area (Å²) in [5.74, 6) is 2.57. The number of rotatable bonds is 4. The first kappa shape index (κ1) is 13.6. The summed E-state index contributed by atoms with van der Waals surface area (Å²) in [6.45, 7) is 1.70. The topological polar surface area (TPSA) is 55.4 Å². The summed E-state index contributed by atoms with van der Waals surface area (Å²) in [6, 6.07) is 0.319. The third kappa shape index (κ3) is 2.58.